The molecule has 0 aliphatic carbocycles. The Morgan fingerprint density at radius 3 is 2.50 bits per heavy atom. The van der Waals surface area contributed by atoms with Crippen LogP contribution in [0.15, 0.2) is 12.3 Å². The summed E-state index contributed by atoms with van der Waals surface area (Å²) in [5.41, 5.74) is -0.938. The summed E-state index contributed by atoms with van der Waals surface area (Å²) in [5, 5.41) is 14.0. The van der Waals surface area contributed by atoms with Crippen LogP contribution in [0.3, 0.4) is 0 Å². The molecule has 1 rings (SSSR count). The second-order valence-corrected chi connectivity index (χ2v) is 6.61. The van der Waals surface area contributed by atoms with Crippen LogP contribution in [0.5, 0.6) is 0 Å². The number of hydrogen-bond acceptors (Lipinski definition) is 6. The molecule has 122 valence electrons. The molecule has 0 unspecified atom stereocenters. The molecule has 0 saturated heterocycles. The molecule has 1 heterocycles. The highest BCUT2D eigenvalue weighted by molar-refractivity contribution is 6.30. The highest BCUT2D eigenvalue weighted by Crippen LogP contribution is 2.27. The van der Waals surface area contributed by atoms with Gasteiger partial charge in [0.2, 0.25) is 5.82 Å². The topological polar surface area (TPSA) is 94.4 Å². The van der Waals surface area contributed by atoms with E-state index in [1.54, 1.807) is 20.8 Å². The molecule has 22 heavy (non-hydrogen) atoms. The Bertz CT molecular complexity index is 570. The Kier molecular flexibility index (Phi) is 5.71. The first kappa shape index (κ1) is 18.2. The van der Waals surface area contributed by atoms with E-state index in [2.05, 4.69) is 10.3 Å². The van der Waals surface area contributed by atoms with Crippen LogP contribution < -0.4 is 5.32 Å². The van der Waals surface area contributed by atoms with E-state index in [-0.39, 0.29) is 22.4 Å². The second-order valence-electron chi connectivity index (χ2n) is 6.18. The van der Waals surface area contributed by atoms with Crippen molar-refractivity contribution in [2.45, 2.75) is 46.3 Å². The minimum atomic E-state index is -0.758. The Balaban J connectivity index is 3.07. The predicted octanol–water partition coefficient (Wildman–Crippen LogP) is 3.42. The van der Waals surface area contributed by atoms with Crippen LogP contribution in [0.4, 0.5) is 11.5 Å². The van der Waals surface area contributed by atoms with Crippen LogP contribution in [0.1, 0.15) is 34.6 Å². The molecule has 1 aromatic rings. The van der Waals surface area contributed by atoms with Crippen molar-refractivity contribution in [3.63, 3.8) is 0 Å². The van der Waals surface area contributed by atoms with Gasteiger partial charge >= 0.3 is 11.7 Å². The number of carbonyl (C=O) groups is 1. The minimum absolute atomic E-state index is 0.0149. The van der Waals surface area contributed by atoms with Gasteiger partial charge in [-0.25, -0.2) is 9.78 Å². The number of pyridine rings is 1. The number of nitrogens with one attached hydrogen (secondary N) is 1. The molecule has 0 fully saturated rings. The first-order chi connectivity index (χ1) is 10.0. The van der Waals surface area contributed by atoms with E-state index in [4.69, 9.17) is 16.3 Å². The highest BCUT2D eigenvalue weighted by atomic mass is 35.5. The Labute approximate surface area is 134 Å². The van der Waals surface area contributed by atoms with E-state index in [0.29, 0.717) is 0 Å². The van der Waals surface area contributed by atoms with E-state index in [9.17, 15) is 14.9 Å². The molecule has 8 heteroatoms. The summed E-state index contributed by atoms with van der Waals surface area (Å²) in [6, 6.07) is 0.426. The summed E-state index contributed by atoms with van der Waals surface area (Å²) >= 11 is 5.72. The van der Waals surface area contributed by atoms with Crippen molar-refractivity contribution in [3.8, 4) is 0 Å². The van der Waals surface area contributed by atoms with E-state index >= 15 is 0 Å². The van der Waals surface area contributed by atoms with Gasteiger partial charge in [0.15, 0.2) is 0 Å². The quantitative estimate of drug-likeness (QED) is 0.505. The van der Waals surface area contributed by atoms with Crippen molar-refractivity contribution in [1.29, 1.82) is 0 Å². The molecule has 1 atom stereocenters. The van der Waals surface area contributed by atoms with Crippen LogP contribution in [0, 0.1) is 16.0 Å². The molecule has 0 spiro atoms. The van der Waals surface area contributed by atoms with Gasteiger partial charge in [-0.1, -0.05) is 25.4 Å². The van der Waals surface area contributed by atoms with Gasteiger partial charge in [0.05, 0.1) is 9.95 Å². The van der Waals surface area contributed by atoms with Crippen LogP contribution in [0.2, 0.25) is 5.02 Å². The maximum atomic E-state index is 12.2. The summed E-state index contributed by atoms with van der Waals surface area (Å²) in [7, 11) is 0. The summed E-state index contributed by atoms with van der Waals surface area (Å²) in [6.07, 6.45) is 1.28. The van der Waals surface area contributed by atoms with Gasteiger partial charge in [-0.15, -0.1) is 0 Å². The van der Waals surface area contributed by atoms with Gasteiger partial charge in [0, 0.05) is 12.3 Å². The average Bonchev–Trinajstić information content (AvgIpc) is 2.34. The minimum Gasteiger partial charge on any atom is -0.458 e. The zero-order valence-corrected chi connectivity index (χ0v) is 14.0. The molecule has 1 N–H and O–H groups in total. The Hall–Kier alpha value is -1.89. The molecule has 7 nitrogen and oxygen atoms in total. The Morgan fingerprint density at radius 2 is 2.05 bits per heavy atom. The fourth-order valence-electron chi connectivity index (χ4n) is 1.69. The van der Waals surface area contributed by atoms with Gasteiger partial charge in [0.1, 0.15) is 11.6 Å². The standard InChI is InChI=1S/C14H20ClN3O4/c1-8(2)11(13(19)22-14(3,4)5)17-12-10(18(20)21)6-9(15)7-16-12/h6-8,11H,1-5H3,(H,16,17)/t11-/m0/s1. The van der Waals surface area contributed by atoms with Crippen molar-refractivity contribution >= 4 is 29.1 Å². The van der Waals surface area contributed by atoms with Gasteiger partial charge in [0.25, 0.3) is 0 Å². The average molecular weight is 330 g/mol. The predicted molar refractivity (Wildman–Crippen MR) is 84.0 cm³/mol. The molecule has 0 bridgehead atoms. The third-order valence-corrected chi connectivity index (χ3v) is 2.86. The number of nitro groups is 1. The van der Waals surface area contributed by atoms with Crippen molar-refractivity contribution in [2.24, 2.45) is 5.92 Å². The lowest BCUT2D eigenvalue weighted by atomic mass is 10.0. The summed E-state index contributed by atoms with van der Waals surface area (Å²) in [4.78, 5) is 26.6. The number of anilines is 1. The largest absolute Gasteiger partial charge is 0.458 e. The van der Waals surface area contributed by atoms with Crippen molar-refractivity contribution in [3.05, 3.63) is 27.4 Å². The number of esters is 1. The van der Waals surface area contributed by atoms with E-state index < -0.39 is 22.5 Å². The third kappa shape index (κ3) is 5.14. The van der Waals surface area contributed by atoms with E-state index in [0.717, 1.165) is 0 Å². The van der Waals surface area contributed by atoms with Crippen molar-refractivity contribution in [2.75, 3.05) is 5.32 Å². The number of rotatable bonds is 5. The second kappa shape index (κ2) is 6.91. The number of aromatic nitrogens is 1. The van der Waals surface area contributed by atoms with Crippen LogP contribution in [-0.2, 0) is 9.53 Å². The molecule has 0 saturated carbocycles. The first-order valence-corrected chi connectivity index (χ1v) is 7.18. The smallest absolute Gasteiger partial charge is 0.329 e. The lowest BCUT2D eigenvalue weighted by Gasteiger charge is -2.26. The summed E-state index contributed by atoms with van der Waals surface area (Å²) in [5.74, 6) is -0.653. The zero-order chi connectivity index (χ0) is 17.1. The van der Waals surface area contributed by atoms with E-state index in [1.165, 1.54) is 12.3 Å². The van der Waals surface area contributed by atoms with Crippen molar-refractivity contribution in [1.82, 2.24) is 4.98 Å². The van der Waals surface area contributed by atoms with Gasteiger partial charge in [-0.2, -0.15) is 0 Å². The van der Waals surface area contributed by atoms with Crippen molar-refractivity contribution < 1.29 is 14.5 Å². The number of ether oxygens (including phenoxy) is 1. The van der Waals surface area contributed by atoms with Crippen LogP contribution in [0.25, 0.3) is 0 Å². The monoisotopic (exact) mass is 329 g/mol. The first-order valence-electron chi connectivity index (χ1n) is 6.80. The fourth-order valence-corrected chi connectivity index (χ4v) is 1.84. The lowest BCUT2D eigenvalue weighted by molar-refractivity contribution is -0.384. The summed E-state index contributed by atoms with van der Waals surface area (Å²) < 4.78 is 5.33. The SMILES string of the molecule is CC(C)[C@H](Nc1ncc(Cl)cc1[N+](=O)[O-])C(=O)OC(C)(C)C. The number of carbonyl (C=O) groups excluding carboxylic acids is 1. The molecular weight excluding hydrogens is 310 g/mol. The molecule has 0 aliphatic rings. The Morgan fingerprint density at radius 1 is 1.45 bits per heavy atom. The normalized spacial score (nSPS) is 12.9. The molecular formula is C14H20ClN3O4. The van der Waals surface area contributed by atoms with Crippen LogP contribution >= 0.6 is 11.6 Å². The summed E-state index contributed by atoms with van der Waals surface area (Å²) in [6.45, 7) is 8.88. The van der Waals surface area contributed by atoms with Gasteiger partial charge in [-0.3, -0.25) is 10.1 Å². The number of halogens is 1. The molecule has 1 aromatic heterocycles. The molecule has 0 radical (unpaired) electrons. The van der Waals surface area contributed by atoms with Gasteiger partial charge in [-0.05, 0) is 26.7 Å². The lowest BCUT2D eigenvalue weighted by Crippen LogP contribution is -2.40. The number of nitrogens with zero attached hydrogens (tertiary/aromatic N) is 2. The highest BCUT2D eigenvalue weighted by Gasteiger charge is 2.30. The maximum absolute atomic E-state index is 12.2. The van der Waals surface area contributed by atoms with Crippen LogP contribution in [-0.4, -0.2) is 27.5 Å². The van der Waals surface area contributed by atoms with Gasteiger partial charge < -0.3 is 10.1 Å². The molecule has 0 aliphatic heterocycles. The molecule has 0 aromatic carbocycles. The maximum Gasteiger partial charge on any atom is 0.329 e. The third-order valence-electron chi connectivity index (χ3n) is 2.65. The van der Waals surface area contributed by atoms with E-state index in [1.807, 2.05) is 13.8 Å². The fraction of sp³-hybridized carbons (Fsp3) is 0.571. The zero-order valence-electron chi connectivity index (χ0n) is 13.2. The molecule has 0 amide bonds. The number of hydrogen-bond donors (Lipinski definition) is 1.